The lowest BCUT2D eigenvalue weighted by molar-refractivity contribution is 0.415. The Balaban J connectivity index is 1.84. The van der Waals surface area contributed by atoms with Gasteiger partial charge in [-0.15, -0.1) is 0 Å². The van der Waals surface area contributed by atoms with Crippen LogP contribution in [0.15, 0.2) is 60.7 Å². The van der Waals surface area contributed by atoms with Crippen molar-refractivity contribution in [2.24, 2.45) is 0 Å². The van der Waals surface area contributed by atoms with E-state index in [1.165, 1.54) is 12.1 Å². The molecule has 0 unspecified atom stereocenters. The number of unbranched alkanes of at least 4 members (excludes halogenated alkanes) is 2. The molecule has 0 amide bonds. The van der Waals surface area contributed by atoms with Gasteiger partial charge in [0.1, 0.15) is 17.4 Å². The summed E-state index contributed by atoms with van der Waals surface area (Å²) in [6.45, 7) is 2.14. The third-order valence-electron chi connectivity index (χ3n) is 4.79. The maximum atomic E-state index is 14.7. The summed E-state index contributed by atoms with van der Waals surface area (Å²) < 4.78 is 34.4. The molecular formula is C24H24F2O. The molecule has 0 aliphatic carbocycles. The molecule has 0 spiro atoms. The Kier molecular flexibility index (Phi) is 6.23. The van der Waals surface area contributed by atoms with Gasteiger partial charge in [0.05, 0.1) is 7.11 Å². The fraction of sp³-hybridized carbons (Fsp3) is 0.250. The Hall–Kier alpha value is -2.68. The van der Waals surface area contributed by atoms with Crippen molar-refractivity contribution in [2.45, 2.75) is 32.6 Å². The van der Waals surface area contributed by atoms with E-state index < -0.39 is 5.82 Å². The average Bonchev–Trinajstić information content (AvgIpc) is 2.69. The molecule has 0 N–H and O–H groups in total. The Bertz CT molecular complexity index is 901. The number of benzene rings is 3. The summed E-state index contributed by atoms with van der Waals surface area (Å²) in [5.41, 5.74) is 3.17. The lowest BCUT2D eigenvalue weighted by Crippen LogP contribution is -1.93. The van der Waals surface area contributed by atoms with Crippen LogP contribution in [0.1, 0.15) is 31.7 Å². The predicted molar refractivity (Wildman–Crippen MR) is 107 cm³/mol. The molecular weight excluding hydrogens is 342 g/mol. The van der Waals surface area contributed by atoms with Crippen molar-refractivity contribution in [1.82, 2.24) is 0 Å². The highest BCUT2D eigenvalue weighted by Crippen LogP contribution is 2.31. The van der Waals surface area contributed by atoms with E-state index in [9.17, 15) is 8.78 Å². The third kappa shape index (κ3) is 4.54. The molecule has 3 heteroatoms. The van der Waals surface area contributed by atoms with Gasteiger partial charge in [-0.2, -0.15) is 0 Å². The molecule has 0 aromatic heterocycles. The van der Waals surface area contributed by atoms with Crippen LogP contribution in [-0.2, 0) is 6.42 Å². The van der Waals surface area contributed by atoms with Crippen molar-refractivity contribution < 1.29 is 13.5 Å². The molecule has 0 aliphatic rings. The van der Waals surface area contributed by atoms with E-state index >= 15 is 0 Å². The molecule has 0 fully saturated rings. The second-order valence-corrected chi connectivity index (χ2v) is 6.69. The first kappa shape index (κ1) is 19.1. The van der Waals surface area contributed by atoms with Crippen LogP contribution in [0.25, 0.3) is 22.3 Å². The molecule has 0 radical (unpaired) electrons. The number of ether oxygens (including phenoxy) is 1. The molecule has 0 atom stereocenters. The van der Waals surface area contributed by atoms with Crippen molar-refractivity contribution in [3.63, 3.8) is 0 Å². The van der Waals surface area contributed by atoms with Crippen LogP contribution < -0.4 is 4.74 Å². The van der Waals surface area contributed by atoms with E-state index in [4.69, 9.17) is 4.74 Å². The summed E-state index contributed by atoms with van der Waals surface area (Å²) in [6, 6.07) is 17.4. The molecule has 3 aromatic rings. The van der Waals surface area contributed by atoms with Crippen molar-refractivity contribution >= 4 is 0 Å². The minimum Gasteiger partial charge on any atom is -0.497 e. The SMILES string of the molecule is CCCCCc1ccc(-c2ccc(-c3ccc(OC)cc3)cc2F)c(F)c1. The zero-order chi connectivity index (χ0) is 19.2. The van der Waals surface area contributed by atoms with E-state index in [1.54, 1.807) is 19.2 Å². The van der Waals surface area contributed by atoms with E-state index in [0.29, 0.717) is 5.56 Å². The molecule has 27 heavy (non-hydrogen) atoms. The molecule has 0 aliphatic heterocycles. The van der Waals surface area contributed by atoms with Gasteiger partial charge in [-0.1, -0.05) is 56.2 Å². The Morgan fingerprint density at radius 2 is 1.37 bits per heavy atom. The molecule has 1 nitrogen and oxygen atoms in total. The number of hydrogen-bond acceptors (Lipinski definition) is 1. The topological polar surface area (TPSA) is 9.23 Å². The van der Waals surface area contributed by atoms with Crippen LogP contribution in [-0.4, -0.2) is 7.11 Å². The summed E-state index contributed by atoms with van der Waals surface area (Å²) in [7, 11) is 1.60. The first-order chi connectivity index (χ1) is 13.1. The van der Waals surface area contributed by atoms with Crippen LogP contribution in [0.4, 0.5) is 8.78 Å². The van der Waals surface area contributed by atoms with Gasteiger partial charge in [-0.3, -0.25) is 0 Å². The zero-order valence-corrected chi connectivity index (χ0v) is 15.8. The van der Waals surface area contributed by atoms with Gasteiger partial charge < -0.3 is 4.74 Å². The van der Waals surface area contributed by atoms with Crippen molar-refractivity contribution in [2.75, 3.05) is 7.11 Å². The molecule has 140 valence electrons. The highest BCUT2D eigenvalue weighted by atomic mass is 19.1. The first-order valence-electron chi connectivity index (χ1n) is 9.35. The molecule has 0 saturated carbocycles. The third-order valence-corrected chi connectivity index (χ3v) is 4.79. The summed E-state index contributed by atoms with van der Waals surface area (Å²) >= 11 is 0. The second-order valence-electron chi connectivity index (χ2n) is 6.69. The fourth-order valence-electron chi connectivity index (χ4n) is 3.21. The monoisotopic (exact) mass is 366 g/mol. The maximum Gasteiger partial charge on any atom is 0.131 e. The smallest absolute Gasteiger partial charge is 0.131 e. The molecule has 3 aromatic carbocycles. The van der Waals surface area contributed by atoms with E-state index in [-0.39, 0.29) is 11.4 Å². The normalized spacial score (nSPS) is 10.8. The summed E-state index contributed by atoms with van der Waals surface area (Å²) in [4.78, 5) is 0. The van der Waals surface area contributed by atoms with Crippen molar-refractivity contribution in [3.8, 4) is 28.0 Å². The van der Waals surface area contributed by atoms with Crippen LogP contribution in [0.3, 0.4) is 0 Å². The highest BCUT2D eigenvalue weighted by Gasteiger charge is 2.12. The molecule has 0 saturated heterocycles. The van der Waals surface area contributed by atoms with Gasteiger partial charge in [0, 0.05) is 11.1 Å². The minimum atomic E-state index is -0.430. The summed E-state index contributed by atoms with van der Waals surface area (Å²) in [5.74, 6) is -0.0574. The van der Waals surface area contributed by atoms with Crippen LogP contribution >= 0.6 is 0 Å². The number of aryl methyl sites for hydroxylation is 1. The van der Waals surface area contributed by atoms with Gasteiger partial charge in [0.2, 0.25) is 0 Å². The number of rotatable bonds is 7. The van der Waals surface area contributed by atoms with Gasteiger partial charge in [-0.05, 0) is 53.8 Å². The van der Waals surface area contributed by atoms with Gasteiger partial charge in [0.25, 0.3) is 0 Å². The molecule has 0 bridgehead atoms. The minimum absolute atomic E-state index is 0.282. The second kappa shape index (κ2) is 8.81. The Morgan fingerprint density at radius 1 is 0.741 bits per heavy atom. The number of hydrogen-bond donors (Lipinski definition) is 0. The summed E-state index contributed by atoms with van der Waals surface area (Å²) in [6.07, 6.45) is 4.15. The van der Waals surface area contributed by atoms with Crippen LogP contribution in [0, 0.1) is 11.6 Å². The lowest BCUT2D eigenvalue weighted by atomic mass is 9.97. The maximum absolute atomic E-state index is 14.7. The predicted octanol–water partition coefficient (Wildman–Crippen LogP) is 7.04. The van der Waals surface area contributed by atoms with E-state index in [0.717, 1.165) is 48.1 Å². The Labute approximate surface area is 159 Å². The average molecular weight is 366 g/mol. The summed E-state index contributed by atoms with van der Waals surface area (Å²) in [5, 5.41) is 0. The standard InChI is InChI=1S/C24H24F2O/c1-3-4-5-6-17-7-13-21(23(25)15-17)22-14-10-19(16-24(22)26)18-8-11-20(27-2)12-9-18/h7-16H,3-6H2,1-2H3. The van der Waals surface area contributed by atoms with Gasteiger partial charge in [-0.25, -0.2) is 8.78 Å². The van der Waals surface area contributed by atoms with Crippen LogP contribution in [0.5, 0.6) is 5.75 Å². The van der Waals surface area contributed by atoms with E-state index in [1.807, 2.05) is 36.4 Å². The molecule has 3 rings (SSSR count). The van der Waals surface area contributed by atoms with Gasteiger partial charge >= 0.3 is 0 Å². The lowest BCUT2D eigenvalue weighted by Gasteiger charge is -2.10. The van der Waals surface area contributed by atoms with Crippen molar-refractivity contribution in [3.05, 3.63) is 77.9 Å². The first-order valence-corrected chi connectivity index (χ1v) is 9.35. The zero-order valence-electron chi connectivity index (χ0n) is 15.8. The number of halogens is 2. The van der Waals surface area contributed by atoms with Crippen molar-refractivity contribution in [1.29, 1.82) is 0 Å². The Morgan fingerprint density at radius 3 is 1.96 bits per heavy atom. The highest BCUT2D eigenvalue weighted by molar-refractivity contribution is 5.71. The fourth-order valence-corrected chi connectivity index (χ4v) is 3.21. The van der Waals surface area contributed by atoms with Gasteiger partial charge in [0.15, 0.2) is 0 Å². The molecule has 0 heterocycles. The number of methoxy groups -OCH3 is 1. The van der Waals surface area contributed by atoms with Crippen LogP contribution in [0.2, 0.25) is 0 Å². The van der Waals surface area contributed by atoms with E-state index in [2.05, 4.69) is 6.92 Å². The quantitative estimate of drug-likeness (QED) is 0.407. The largest absolute Gasteiger partial charge is 0.497 e.